The fourth-order valence-electron chi connectivity index (χ4n) is 2.61. The van der Waals surface area contributed by atoms with Gasteiger partial charge in [0.25, 0.3) is 0 Å². The van der Waals surface area contributed by atoms with Gasteiger partial charge in [0.2, 0.25) is 0 Å². The third kappa shape index (κ3) is 2.24. The maximum Gasteiger partial charge on any atom is 0.119 e. The van der Waals surface area contributed by atoms with Crippen LogP contribution in [0, 0.1) is 0 Å². The lowest BCUT2D eigenvalue weighted by molar-refractivity contribution is 0.415. The van der Waals surface area contributed by atoms with Crippen LogP contribution in [-0.4, -0.2) is 14.2 Å². The number of benzene rings is 2. The Labute approximate surface area is 114 Å². The molecule has 0 aliphatic heterocycles. The zero-order valence-electron chi connectivity index (χ0n) is 11.4. The highest BCUT2D eigenvalue weighted by molar-refractivity contribution is 5.66. The maximum absolute atomic E-state index is 5.30. The van der Waals surface area contributed by atoms with Gasteiger partial charge in [0.05, 0.1) is 7.11 Å². The van der Waals surface area contributed by atoms with Gasteiger partial charge in [-0.05, 0) is 54.8 Å². The highest BCUT2D eigenvalue weighted by Crippen LogP contribution is 2.45. The second-order valence-corrected chi connectivity index (χ2v) is 5.14. The summed E-state index contributed by atoms with van der Waals surface area (Å²) in [5.41, 5.74) is 4.05. The number of nitrogens with one attached hydrogen (secondary N) is 1. The smallest absolute Gasteiger partial charge is 0.119 e. The van der Waals surface area contributed by atoms with Crippen LogP contribution >= 0.6 is 0 Å². The summed E-state index contributed by atoms with van der Waals surface area (Å²) in [5, 5.41) is 3.45. The number of hydrogen-bond donors (Lipinski definition) is 1. The zero-order valence-corrected chi connectivity index (χ0v) is 11.4. The first kappa shape index (κ1) is 12.2. The molecule has 0 heterocycles. The van der Waals surface area contributed by atoms with Crippen LogP contribution in [0.2, 0.25) is 0 Å². The Kier molecular flexibility index (Phi) is 3.03. The van der Waals surface area contributed by atoms with Crippen LogP contribution in [0.5, 0.6) is 5.75 Å². The van der Waals surface area contributed by atoms with E-state index in [0.29, 0.717) is 0 Å². The molecule has 2 aromatic carbocycles. The average molecular weight is 253 g/mol. The van der Waals surface area contributed by atoms with Crippen LogP contribution < -0.4 is 10.1 Å². The monoisotopic (exact) mass is 253 g/mol. The van der Waals surface area contributed by atoms with E-state index in [0.717, 1.165) is 5.75 Å². The van der Waals surface area contributed by atoms with E-state index in [1.165, 1.54) is 29.5 Å². The van der Waals surface area contributed by atoms with E-state index in [1.807, 2.05) is 19.2 Å². The van der Waals surface area contributed by atoms with Gasteiger partial charge in [0.15, 0.2) is 0 Å². The molecule has 19 heavy (non-hydrogen) atoms. The van der Waals surface area contributed by atoms with E-state index in [-0.39, 0.29) is 5.54 Å². The lowest BCUT2D eigenvalue weighted by atomic mass is 9.98. The summed E-state index contributed by atoms with van der Waals surface area (Å²) in [6, 6.07) is 17.0. The quantitative estimate of drug-likeness (QED) is 0.899. The van der Waals surface area contributed by atoms with Crippen molar-refractivity contribution < 1.29 is 4.74 Å². The molecule has 0 unspecified atom stereocenters. The Morgan fingerprint density at radius 1 is 1.00 bits per heavy atom. The van der Waals surface area contributed by atoms with Crippen molar-refractivity contribution in [3.05, 3.63) is 54.1 Å². The summed E-state index contributed by atoms with van der Waals surface area (Å²) in [4.78, 5) is 0. The molecule has 0 saturated heterocycles. The van der Waals surface area contributed by atoms with Crippen LogP contribution in [0.4, 0.5) is 0 Å². The third-order valence-corrected chi connectivity index (χ3v) is 4.05. The summed E-state index contributed by atoms with van der Waals surface area (Å²) in [6.45, 7) is 0. The normalized spacial score (nSPS) is 16.1. The maximum atomic E-state index is 5.30. The predicted molar refractivity (Wildman–Crippen MR) is 78.4 cm³/mol. The molecule has 0 bridgehead atoms. The van der Waals surface area contributed by atoms with Crippen molar-refractivity contribution in [1.82, 2.24) is 5.32 Å². The fraction of sp³-hybridized carbons (Fsp3) is 0.294. The average Bonchev–Trinajstić information content (AvgIpc) is 3.29. The molecule has 0 amide bonds. The van der Waals surface area contributed by atoms with Gasteiger partial charge in [-0.25, -0.2) is 0 Å². The van der Waals surface area contributed by atoms with Gasteiger partial charge in [-0.15, -0.1) is 0 Å². The van der Waals surface area contributed by atoms with E-state index >= 15 is 0 Å². The first-order valence-corrected chi connectivity index (χ1v) is 6.71. The zero-order chi connectivity index (χ0) is 13.3. The van der Waals surface area contributed by atoms with Gasteiger partial charge in [0.1, 0.15) is 5.75 Å². The van der Waals surface area contributed by atoms with Crippen molar-refractivity contribution in [3.8, 4) is 16.9 Å². The molecule has 98 valence electrons. The highest BCUT2D eigenvalue weighted by Gasteiger charge is 2.42. The molecular formula is C17H19NO. The van der Waals surface area contributed by atoms with Crippen molar-refractivity contribution in [2.75, 3.05) is 14.2 Å². The van der Waals surface area contributed by atoms with E-state index in [4.69, 9.17) is 4.74 Å². The Bertz CT molecular complexity index is 587. The molecule has 1 aliphatic rings. The molecule has 0 aromatic heterocycles. The molecule has 1 N–H and O–H groups in total. The van der Waals surface area contributed by atoms with Gasteiger partial charge < -0.3 is 10.1 Å². The van der Waals surface area contributed by atoms with Crippen molar-refractivity contribution in [3.63, 3.8) is 0 Å². The van der Waals surface area contributed by atoms with Gasteiger partial charge in [0, 0.05) is 5.54 Å². The predicted octanol–water partition coefficient (Wildman–Crippen LogP) is 3.57. The molecular weight excluding hydrogens is 234 g/mol. The number of ether oxygens (including phenoxy) is 1. The van der Waals surface area contributed by atoms with Crippen LogP contribution in [0.25, 0.3) is 11.1 Å². The molecule has 1 aliphatic carbocycles. The molecule has 2 aromatic rings. The van der Waals surface area contributed by atoms with Gasteiger partial charge >= 0.3 is 0 Å². The topological polar surface area (TPSA) is 21.3 Å². The Balaban J connectivity index is 1.99. The lowest BCUT2D eigenvalue weighted by Gasteiger charge is -2.16. The first-order chi connectivity index (χ1) is 9.27. The first-order valence-electron chi connectivity index (χ1n) is 6.71. The summed E-state index contributed by atoms with van der Waals surface area (Å²) in [5.74, 6) is 0.901. The van der Waals surface area contributed by atoms with Crippen molar-refractivity contribution in [2.45, 2.75) is 18.4 Å². The van der Waals surface area contributed by atoms with Crippen LogP contribution in [0.3, 0.4) is 0 Å². The molecule has 0 spiro atoms. The Morgan fingerprint density at radius 3 is 2.32 bits per heavy atom. The number of rotatable bonds is 4. The second-order valence-electron chi connectivity index (χ2n) is 5.14. The SMILES string of the molecule is CNC1(c2cccc(-c3cccc(OC)c3)c2)CC1. The number of hydrogen-bond acceptors (Lipinski definition) is 2. The van der Waals surface area contributed by atoms with Gasteiger partial charge in [-0.3, -0.25) is 0 Å². The third-order valence-electron chi connectivity index (χ3n) is 4.05. The van der Waals surface area contributed by atoms with Crippen molar-refractivity contribution in [1.29, 1.82) is 0 Å². The van der Waals surface area contributed by atoms with Gasteiger partial charge in [-0.1, -0.05) is 30.3 Å². The minimum atomic E-state index is 0.217. The summed E-state index contributed by atoms with van der Waals surface area (Å²) >= 11 is 0. The lowest BCUT2D eigenvalue weighted by Crippen LogP contribution is -2.24. The Hall–Kier alpha value is -1.80. The highest BCUT2D eigenvalue weighted by atomic mass is 16.5. The number of methoxy groups -OCH3 is 1. The van der Waals surface area contributed by atoms with Crippen LogP contribution in [0.15, 0.2) is 48.5 Å². The minimum absolute atomic E-state index is 0.217. The molecule has 1 saturated carbocycles. The summed E-state index contributed by atoms with van der Waals surface area (Å²) in [6.07, 6.45) is 2.45. The molecule has 0 radical (unpaired) electrons. The van der Waals surface area contributed by atoms with E-state index in [9.17, 15) is 0 Å². The molecule has 3 rings (SSSR count). The summed E-state index contributed by atoms with van der Waals surface area (Å²) in [7, 11) is 3.75. The Morgan fingerprint density at radius 2 is 1.68 bits per heavy atom. The molecule has 1 fully saturated rings. The van der Waals surface area contributed by atoms with E-state index in [1.54, 1.807) is 7.11 Å². The minimum Gasteiger partial charge on any atom is -0.497 e. The van der Waals surface area contributed by atoms with Crippen LogP contribution in [0.1, 0.15) is 18.4 Å². The van der Waals surface area contributed by atoms with Crippen molar-refractivity contribution in [2.24, 2.45) is 0 Å². The summed E-state index contributed by atoms with van der Waals surface area (Å²) < 4.78 is 5.30. The molecule has 2 nitrogen and oxygen atoms in total. The van der Waals surface area contributed by atoms with Crippen molar-refractivity contribution >= 4 is 0 Å². The molecule has 2 heteroatoms. The second kappa shape index (κ2) is 4.71. The van der Waals surface area contributed by atoms with E-state index in [2.05, 4.69) is 41.7 Å². The van der Waals surface area contributed by atoms with Crippen LogP contribution in [-0.2, 0) is 5.54 Å². The van der Waals surface area contributed by atoms with Gasteiger partial charge in [-0.2, -0.15) is 0 Å². The largest absolute Gasteiger partial charge is 0.497 e. The molecule has 0 atom stereocenters. The standard InChI is InChI=1S/C17H19NO/c1-18-17(9-10-17)15-7-3-5-13(11-15)14-6-4-8-16(12-14)19-2/h3-8,11-12,18H,9-10H2,1-2H3. The van der Waals surface area contributed by atoms with E-state index < -0.39 is 0 Å². The fourth-order valence-corrected chi connectivity index (χ4v) is 2.61.